The summed E-state index contributed by atoms with van der Waals surface area (Å²) in [5.41, 5.74) is 0.893. The van der Waals surface area contributed by atoms with Crippen LogP contribution in [0.15, 0.2) is 45.6 Å². The Kier molecular flexibility index (Phi) is 3.47. The second-order valence-electron chi connectivity index (χ2n) is 4.86. The highest BCUT2D eigenvalue weighted by Crippen LogP contribution is 2.29. The number of fused-ring (bicyclic) bond motifs is 1. The number of halogens is 1. The average molecular weight is 315 g/mol. The number of carbonyl (C=O) groups excluding carboxylic acids is 1. The molecule has 0 saturated carbocycles. The number of hydrogen-bond acceptors (Lipinski definition) is 4. The predicted molar refractivity (Wildman–Crippen MR) is 84.7 cm³/mol. The van der Waals surface area contributed by atoms with E-state index in [9.17, 15) is 14.7 Å². The number of hydrogen-bond donors (Lipinski definition) is 1. The second-order valence-corrected chi connectivity index (χ2v) is 5.30. The van der Waals surface area contributed by atoms with Gasteiger partial charge in [-0.1, -0.05) is 23.7 Å². The van der Waals surface area contributed by atoms with Gasteiger partial charge in [0.1, 0.15) is 11.5 Å². The lowest BCUT2D eigenvalue weighted by Crippen LogP contribution is -2.08. The molecule has 0 unspecified atom stereocenters. The van der Waals surface area contributed by atoms with Crippen LogP contribution in [0.4, 0.5) is 0 Å². The largest absolute Gasteiger partial charge is 0.507 e. The van der Waals surface area contributed by atoms with Crippen LogP contribution >= 0.6 is 11.6 Å². The Balaban J connectivity index is 2.39. The molecule has 0 bridgehead atoms. The maximum atomic E-state index is 12.7. The van der Waals surface area contributed by atoms with Crippen molar-refractivity contribution in [3.8, 4) is 16.9 Å². The van der Waals surface area contributed by atoms with Crippen LogP contribution in [0.5, 0.6) is 5.75 Å². The van der Waals surface area contributed by atoms with E-state index in [1.165, 1.54) is 12.1 Å². The number of aryl methyl sites for hydroxylation is 1. The molecule has 5 heteroatoms. The molecule has 0 aliphatic heterocycles. The Morgan fingerprint density at radius 2 is 1.82 bits per heavy atom. The first-order valence-electron chi connectivity index (χ1n) is 6.53. The molecule has 2 aromatic carbocycles. The van der Waals surface area contributed by atoms with Gasteiger partial charge < -0.3 is 9.52 Å². The van der Waals surface area contributed by atoms with Crippen molar-refractivity contribution in [2.24, 2.45) is 0 Å². The highest BCUT2D eigenvalue weighted by Gasteiger charge is 2.17. The fraction of sp³-hybridized carbons (Fsp3) is 0.0588. The van der Waals surface area contributed by atoms with Gasteiger partial charge in [-0.2, -0.15) is 0 Å². The molecule has 0 aliphatic carbocycles. The molecule has 3 aromatic rings. The monoisotopic (exact) mass is 314 g/mol. The van der Waals surface area contributed by atoms with Gasteiger partial charge >= 0.3 is 0 Å². The van der Waals surface area contributed by atoms with Gasteiger partial charge in [0, 0.05) is 5.02 Å². The van der Waals surface area contributed by atoms with Crippen LogP contribution in [0.2, 0.25) is 5.02 Å². The van der Waals surface area contributed by atoms with Gasteiger partial charge in [0.2, 0.25) is 5.43 Å². The first-order chi connectivity index (χ1) is 10.5. The molecule has 0 amide bonds. The van der Waals surface area contributed by atoms with E-state index < -0.39 is 0 Å². The first-order valence-corrected chi connectivity index (χ1v) is 6.91. The van der Waals surface area contributed by atoms with Crippen LogP contribution < -0.4 is 5.43 Å². The van der Waals surface area contributed by atoms with Crippen molar-refractivity contribution >= 4 is 28.9 Å². The molecular weight excluding hydrogens is 304 g/mol. The zero-order valence-corrected chi connectivity index (χ0v) is 12.3. The third-order valence-electron chi connectivity index (χ3n) is 3.50. The minimum absolute atomic E-state index is 0.0274. The van der Waals surface area contributed by atoms with Gasteiger partial charge in [0.05, 0.1) is 16.5 Å². The van der Waals surface area contributed by atoms with Crippen LogP contribution in [-0.4, -0.2) is 11.4 Å². The molecule has 1 N–H and O–H groups in total. The Labute approximate surface area is 130 Å². The lowest BCUT2D eigenvalue weighted by atomic mass is 10.0. The Hall–Kier alpha value is -2.59. The summed E-state index contributed by atoms with van der Waals surface area (Å²) in [6, 6.07) is 9.59. The minimum atomic E-state index is -0.260. The summed E-state index contributed by atoms with van der Waals surface area (Å²) >= 11 is 5.86. The van der Waals surface area contributed by atoms with Crippen molar-refractivity contribution in [2.75, 3.05) is 0 Å². The lowest BCUT2D eigenvalue weighted by Gasteiger charge is -2.09. The van der Waals surface area contributed by atoms with Crippen LogP contribution in [0.25, 0.3) is 22.1 Å². The van der Waals surface area contributed by atoms with Crippen molar-refractivity contribution in [2.45, 2.75) is 6.92 Å². The molecule has 0 radical (unpaired) electrons. The third kappa shape index (κ3) is 2.18. The van der Waals surface area contributed by atoms with Crippen LogP contribution in [0, 0.1) is 6.92 Å². The normalized spacial score (nSPS) is 10.8. The van der Waals surface area contributed by atoms with Crippen molar-refractivity contribution in [3.63, 3.8) is 0 Å². The molecule has 3 rings (SSSR count). The van der Waals surface area contributed by atoms with Crippen LogP contribution in [-0.2, 0) is 0 Å². The topological polar surface area (TPSA) is 67.5 Å². The van der Waals surface area contributed by atoms with Gasteiger partial charge in [-0.25, -0.2) is 0 Å². The quantitative estimate of drug-likeness (QED) is 0.727. The van der Waals surface area contributed by atoms with Crippen molar-refractivity contribution in [1.29, 1.82) is 0 Å². The summed E-state index contributed by atoms with van der Waals surface area (Å²) < 4.78 is 5.64. The number of aromatic hydroxyl groups is 1. The van der Waals surface area contributed by atoms with Crippen LogP contribution in [0.1, 0.15) is 16.1 Å². The van der Waals surface area contributed by atoms with E-state index >= 15 is 0 Å². The lowest BCUT2D eigenvalue weighted by molar-refractivity contribution is 0.112. The standard InChI is InChI=1S/C17H11ClO4/c1-9-15(10-2-4-11(18)5-3-10)16(21)12-6-7-14(20)13(8-19)17(12)22-9/h2-8,20H,1H3. The predicted octanol–water partition coefficient (Wildman–Crippen LogP) is 3.94. The molecule has 0 spiro atoms. The smallest absolute Gasteiger partial charge is 0.200 e. The van der Waals surface area contributed by atoms with Gasteiger partial charge in [-0.3, -0.25) is 9.59 Å². The molecular formula is C17H11ClO4. The molecule has 0 aliphatic rings. The van der Waals surface area contributed by atoms with Gasteiger partial charge in [-0.05, 0) is 36.8 Å². The number of phenolic OH excluding ortho intramolecular Hbond substituents is 1. The number of carbonyl (C=O) groups is 1. The first kappa shape index (κ1) is 14.4. The molecule has 0 fully saturated rings. The summed E-state index contributed by atoms with van der Waals surface area (Å²) in [5, 5.41) is 10.5. The molecule has 1 heterocycles. The van der Waals surface area contributed by atoms with E-state index in [1.54, 1.807) is 31.2 Å². The summed E-state index contributed by atoms with van der Waals surface area (Å²) in [5.74, 6) is 0.151. The third-order valence-corrected chi connectivity index (χ3v) is 3.75. The molecule has 0 saturated heterocycles. The van der Waals surface area contributed by atoms with E-state index in [4.69, 9.17) is 16.0 Å². The van der Waals surface area contributed by atoms with E-state index in [2.05, 4.69) is 0 Å². The summed E-state index contributed by atoms with van der Waals surface area (Å²) in [4.78, 5) is 23.8. The van der Waals surface area contributed by atoms with Gasteiger partial charge in [0.25, 0.3) is 0 Å². The minimum Gasteiger partial charge on any atom is -0.507 e. The van der Waals surface area contributed by atoms with E-state index in [-0.39, 0.29) is 27.7 Å². The van der Waals surface area contributed by atoms with E-state index in [1.807, 2.05) is 0 Å². The van der Waals surface area contributed by atoms with Gasteiger partial charge in [-0.15, -0.1) is 0 Å². The fourth-order valence-electron chi connectivity index (χ4n) is 2.44. The second kappa shape index (κ2) is 5.31. The maximum Gasteiger partial charge on any atom is 0.200 e. The van der Waals surface area contributed by atoms with E-state index in [0.29, 0.717) is 28.2 Å². The number of phenols is 1. The summed E-state index contributed by atoms with van der Waals surface area (Å²) in [6.07, 6.45) is 0.474. The average Bonchev–Trinajstić information content (AvgIpc) is 2.49. The number of aldehydes is 1. The van der Waals surface area contributed by atoms with E-state index in [0.717, 1.165) is 0 Å². The van der Waals surface area contributed by atoms with Crippen molar-refractivity contribution in [3.05, 3.63) is 63.0 Å². The van der Waals surface area contributed by atoms with Crippen molar-refractivity contribution in [1.82, 2.24) is 0 Å². The maximum absolute atomic E-state index is 12.7. The summed E-state index contributed by atoms with van der Waals surface area (Å²) in [7, 11) is 0. The molecule has 0 atom stereocenters. The van der Waals surface area contributed by atoms with Gasteiger partial charge in [0.15, 0.2) is 11.9 Å². The number of rotatable bonds is 2. The zero-order chi connectivity index (χ0) is 15.9. The highest BCUT2D eigenvalue weighted by atomic mass is 35.5. The Morgan fingerprint density at radius 1 is 1.14 bits per heavy atom. The Bertz CT molecular complexity index is 940. The molecule has 4 nitrogen and oxygen atoms in total. The molecule has 110 valence electrons. The van der Waals surface area contributed by atoms with Crippen LogP contribution in [0.3, 0.4) is 0 Å². The Morgan fingerprint density at radius 3 is 2.45 bits per heavy atom. The highest BCUT2D eigenvalue weighted by molar-refractivity contribution is 6.30. The fourth-order valence-corrected chi connectivity index (χ4v) is 2.57. The summed E-state index contributed by atoms with van der Waals surface area (Å²) in [6.45, 7) is 1.64. The number of benzene rings is 2. The SMILES string of the molecule is Cc1oc2c(C=O)c(O)ccc2c(=O)c1-c1ccc(Cl)cc1. The molecule has 1 aromatic heterocycles. The molecule has 22 heavy (non-hydrogen) atoms. The van der Waals surface area contributed by atoms with Crippen molar-refractivity contribution < 1.29 is 14.3 Å². The zero-order valence-electron chi connectivity index (χ0n) is 11.6.